The van der Waals surface area contributed by atoms with Crippen LogP contribution < -0.4 is 5.32 Å². The molecule has 0 saturated carbocycles. The van der Waals surface area contributed by atoms with Crippen molar-refractivity contribution >= 4 is 11.9 Å². The molecular formula is C16H15F6NO3. The Morgan fingerprint density at radius 3 is 1.88 bits per heavy atom. The van der Waals surface area contributed by atoms with E-state index in [1.54, 1.807) is 0 Å². The number of nitrogens with one attached hydrogen (secondary N) is 1. The molecule has 10 heteroatoms. The predicted molar refractivity (Wildman–Crippen MR) is 79.1 cm³/mol. The second-order valence-corrected chi connectivity index (χ2v) is 5.50. The van der Waals surface area contributed by atoms with E-state index in [0.717, 1.165) is 7.11 Å². The van der Waals surface area contributed by atoms with Crippen molar-refractivity contribution in [3.63, 3.8) is 0 Å². The molecule has 1 amide bonds. The van der Waals surface area contributed by atoms with Crippen molar-refractivity contribution < 1.29 is 40.7 Å². The molecule has 0 fully saturated rings. The second kappa shape index (κ2) is 7.79. The average Bonchev–Trinajstić information content (AvgIpc) is 2.50. The van der Waals surface area contributed by atoms with Crippen LogP contribution in [0.5, 0.6) is 0 Å². The van der Waals surface area contributed by atoms with Gasteiger partial charge in [-0.3, -0.25) is 4.79 Å². The fourth-order valence-corrected chi connectivity index (χ4v) is 2.01. The zero-order valence-electron chi connectivity index (χ0n) is 13.7. The lowest BCUT2D eigenvalue weighted by molar-refractivity contribution is -0.144. The van der Waals surface area contributed by atoms with E-state index < -0.39 is 47.0 Å². The summed E-state index contributed by atoms with van der Waals surface area (Å²) in [6, 6.07) is -0.837. The number of rotatable bonds is 5. The van der Waals surface area contributed by atoms with Crippen LogP contribution in [0.15, 0.2) is 30.4 Å². The van der Waals surface area contributed by atoms with Gasteiger partial charge in [-0.25, -0.2) is 4.79 Å². The van der Waals surface area contributed by atoms with Crippen molar-refractivity contribution in [1.29, 1.82) is 0 Å². The molecular weight excluding hydrogens is 368 g/mol. The molecule has 4 nitrogen and oxygen atoms in total. The summed E-state index contributed by atoms with van der Waals surface area (Å²) in [4.78, 5) is 23.8. The highest BCUT2D eigenvalue weighted by Crippen LogP contribution is 2.36. The number of esters is 1. The highest BCUT2D eigenvalue weighted by molar-refractivity contribution is 5.97. The van der Waals surface area contributed by atoms with Gasteiger partial charge in [0.25, 0.3) is 5.91 Å². The molecule has 0 heterocycles. The minimum atomic E-state index is -5.09. The van der Waals surface area contributed by atoms with Crippen LogP contribution in [0, 0.1) is 0 Å². The number of carbonyl (C=O) groups excluding carboxylic acids is 2. The molecule has 26 heavy (non-hydrogen) atoms. The number of ether oxygens (including phenoxy) is 1. The highest BCUT2D eigenvalue weighted by Gasteiger charge is 2.37. The first kappa shape index (κ1) is 21.5. The van der Waals surface area contributed by atoms with Gasteiger partial charge in [-0.05, 0) is 31.5 Å². The molecule has 0 aliphatic heterocycles. The van der Waals surface area contributed by atoms with Gasteiger partial charge in [0.05, 0.1) is 18.2 Å². The monoisotopic (exact) mass is 383 g/mol. The molecule has 0 spiro atoms. The van der Waals surface area contributed by atoms with Crippen LogP contribution >= 0.6 is 0 Å². The molecule has 1 N–H and O–H groups in total. The van der Waals surface area contributed by atoms with Crippen LogP contribution in [0.3, 0.4) is 0 Å². The van der Waals surface area contributed by atoms with Gasteiger partial charge in [0.15, 0.2) is 0 Å². The van der Waals surface area contributed by atoms with Crippen molar-refractivity contribution in [2.45, 2.75) is 31.7 Å². The molecule has 0 bridgehead atoms. The maximum atomic E-state index is 12.8. The van der Waals surface area contributed by atoms with E-state index in [1.807, 2.05) is 0 Å². The van der Waals surface area contributed by atoms with Gasteiger partial charge in [0.1, 0.15) is 6.04 Å². The Labute approximate surface area is 144 Å². The van der Waals surface area contributed by atoms with Crippen LogP contribution in [0.4, 0.5) is 26.3 Å². The van der Waals surface area contributed by atoms with Crippen LogP contribution in [0.25, 0.3) is 0 Å². The van der Waals surface area contributed by atoms with Crippen molar-refractivity contribution in [3.05, 3.63) is 47.0 Å². The van der Waals surface area contributed by atoms with Crippen LogP contribution in [-0.4, -0.2) is 25.0 Å². The number of amides is 1. The number of hydrogen-bond acceptors (Lipinski definition) is 3. The van der Waals surface area contributed by atoms with Crippen LogP contribution in [-0.2, 0) is 21.9 Å². The van der Waals surface area contributed by atoms with Gasteiger partial charge in [0, 0.05) is 5.56 Å². The second-order valence-electron chi connectivity index (χ2n) is 5.50. The summed E-state index contributed by atoms with van der Waals surface area (Å²) in [5.41, 5.74) is -3.71. The minimum absolute atomic E-state index is 0.0937. The predicted octanol–water partition coefficient (Wildman–Crippen LogP) is 3.96. The van der Waals surface area contributed by atoms with Gasteiger partial charge < -0.3 is 10.1 Å². The van der Waals surface area contributed by atoms with Gasteiger partial charge in [0.2, 0.25) is 0 Å². The first-order valence-corrected chi connectivity index (χ1v) is 7.08. The fourth-order valence-electron chi connectivity index (χ4n) is 2.01. The fraction of sp³-hybridized carbons (Fsp3) is 0.375. The Bertz CT molecular complexity index is 677. The van der Waals surface area contributed by atoms with Crippen molar-refractivity contribution in [2.24, 2.45) is 0 Å². The largest absolute Gasteiger partial charge is 0.467 e. The maximum absolute atomic E-state index is 12.8. The molecule has 1 rings (SSSR count). The molecule has 1 atom stereocenters. The zero-order valence-corrected chi connectivity index (χ0v) is 13.7. The Kier molecular flexibility index (Phi) is 6.45. The van der Waals surface area contributed by atoms with Crippen LogP contribution in [0.1, 0.15) is 34.8 Å². The minimum Gasteiger partial charge on any atom is -0.467 e. The van der Waals surface area contributed by atoms with E-state index >= 15 is 0 Å². The standard InChI is InChI=1S/C16H15F6NO3/c1-8(2)4-12(14(25)26-3)23-13(24)9-5-10(15(17,18)19)7-11(6-9)16(20,21)22/h5-7,12H,1,4H2,2-3H3,(H,23,24)/t12-/m1/s1. The molecule has 0 radical (unpaired) electrons. The lowest BCUT2D eigenvalue weighted by Crippen LogP contribution is -2.41. The smallest absolute Gasteiger partial charge is 0.416 e. The number of benzene rings is 1. The van der Waals surface area contributed by atoms with Crippen molar-refractivity contribution in [1.82, 2.24) is 5.32 Å². The molecule has 0 aliphatic carbocycles. The van der Waals surface area contributed by atoms with Gasteiger partial charge in [-0.2, -0.15) is 26.3 Å². The number of methoxy groups -OCH3 is 1. The average molecular weight is 383 g/mol. The number of alkyl halides is 6. The Morgan fingerprint density at radius 1 is 1.08 bits per heavy atom. The van der Waals surface area contributed by atoms with E-state index in [9.17, 15) is 35.9 Å². The first-order chi connectivity index (χ1) is 11.8. The Morgan fingerprint density at radius 2 is 1.54 bits per heavy atom. The number of hydrogen-bond donors (Lipinski definition) is 1. The van der Waals surface area contributed by atoms with E-state index in [1.165, 1.54) is 6.92 Å². The van der Waals surface area contributed by atoms with Crippen molar-refractivity contribution in [3.8, 4) is 0 Å². The van der Waals surface area contributed by atoms with Crippen LogP contribution in [0.2, 0.25) is 0 Å². The van der Waals surface area contributed by atoms with Crippen molar-refractivity contribution in [2.75, 3.05) is 7.11 Å². The van der Waals surface area contributed by atoms with E-state index in [4.69, 9.17) is 0 Å². The zero-order chi connectivity index (χ0) is 20.3. The molecule has 144 valence electrons. The van der Waals surface area contributed by atoms with E-state index in [-0.39, 0.29) is 24.6 Å². The molecule has 0 unspecified atom stereocenters. The summed E-state index contributed by atoms with van der Waals surface area (Å²) < 4.78 is 81.4. The maximum Gasteiger partial charge on any atom is 0.416 e. The SMILES string of the molecule is C=C(C)C[C@@H](NC(=O)c1cc(C(F)(F)F)cc(C(F)(F)F)c1)C(=O)OC. The summed E-state index contributed by atoms with van der Waals surface area (Å²) >= 11 is 0. The van der Waals surface area contributed by atoms with E-state index in [0.29, 0.717) is 5.57 Å². The third-order valence-corrected chi connectivity index (χ3v) is 3.19. The molecule has 1 aromatic rings. The number of carbonyl (C=O) groups is 2. The third kappa shape index (κ3) is 5.78. The lowest BCUT2D eigenvalue weighted by atomic mass is 10.0. The van der Waals surface area contributed by atoms with E-state index in [2.05, 4.69) is 16.6 Å². The molecule has 0 aromatic heterocycles. The summed E-state index contributed by atoms with van der Waals surface area (Å²) in [5.74, 6) is -2.19. The topological polar surface area (TPSA) is 55.4 Å². The Balaban J connectivity index is 3.29. The van der Waals surface area contributed by atoms with Gasteiger partial charge in [-0.1, -0.05) is 5.57 Å². The summed E-state index contributed by atoms with van der Waals surface area (Å²) in [5, 5.41) is 2.06. The summed E-state index contributed by atoms with van der Waals surface area (Å²) in [6.45, 7) is 5.05. The third-order valence-electron chi connectivity index (χ3n) is 3.19. The Hall–Kier alpha value is -2.52. The number of halogens is 6. The molecule has 0 aliphatic rings. The lowest BCUT2D eigenvalue weighted by Gasteiger charge is -2.18. The first-order valence-electron chi connectivity index (χ1n) is 7.08. The molecule has 0 saturated heterocycles. The molecule has 1 aromatic carbocycles. The summed E-state index contributed by atoms with van der Waals surface area (Å²) in [7, 11) is 1.02. The normalized spacial score (nSPS) is 13.1. The highest BCUT2D eigenvalue weighted by atomic mass is 19.4. The van der Waals surface area contributed by atoms with Gasteiger partial charge in [-0.15, -0.1) is 6.58 Å². The van der Waals surface area contributed by atoms with Gasteiger partial charge >= 0.3 is 18.3 Å². The quantitative estimate of drug-likeness (QED) is 0.476. The summed E-state index contributed by atoms with van der Waals surface area (Å²) in [6.07, 6.45) is -10.3.